The Labute approximate surface area is 498 Å². The van der Waals surface area contributed by atoms with Crippen LogP contribution < -0.4 is 20.6 Å². The van der Waals surface area contributed by atoms with Gasteiger partial charge < -0.3 is 9.71 Å². The number of nitrogens with zero attached hydrogens (tertiary/aromatic N) is 2. The van der Waals surface area contributed by atoms with Crippen molar-refractivity contribution in [2.24, 2.45) is 0 Å². The molecule has 4 heterocycles. The number of aryl methyl sites for hydroxylation is 1. The molecule has 0 atom stereocenters. The smallest absolute Gasteiger partial charge is 0.334 e. The van der Waals surface area contributed by atoms with Gasteiger partial charge in [0.15, 0.2) is 0 Å². The van der Waals surface area contributed by atoms with Gasteiger partial charge in [0.2, 0.25) is 0 Å². The van der Waals surface area contributed by atoms with Gasteiger partial charge in [-0.2, -0.15) is 0 Å². The van der Waals surface area contributed by atoms with E-state index in [9.17, 15) is 0 Å². The van der Waals surface area contributed by atoms with Crippen molar-refractivity contribution >= 4 is 98.5 Å². The zero-order valence-electron chi connectivity index (χ0n) is 52.3. The summed E-state index contributed by atoms with van der Waals surface area (Å²) in [6.45, 7) is 42.3. The van der Waals surface area contributed by atoms with Crippen LogP contribution in [0.4, 0.5) is 27.8 Å². The molecule has 0 unspecified atom stereocenters. The minimum atomic E-state index is -0.105. The minimum Gasteiger partial charge on any atom is -0.376 e. The van der Waals surface area contributed by atoms with Crippen LogP contribution in [0.5, 0.6) is 0 Å². The SMILES string of the molecule is Cc1cc2c(cc1N1c3cc(-c4ccccc4)cc4c3B(c3c1sc1cc5c(cc31)C(C)(C)CCC5(C)C)N(c1ccc3c(c1)C(C)(C)CCC3(C)C)c1ccc3c(sc5cc6c(cc53)C(C)(C)CCC6(C)C)c1-4)C(C)(C)CCC2(C)C. The summed E-state index contributed by atoms with van der Waals surface area (Å²) in [5.41, 5.74) is 27.6. The Morgan fingerprint density at radius 1 is 0.378 bits per heavy atom. The van der Waals surface area contributed by atoms with Crippen LogP contribution in [-0.4, -0.2) is 6.85 Å². The Morgan fingerprint density at radius 3 is 1.44 bits per heavy atom. The molecule has 0 spiro atoms. The molecule has 82 heavy (non-hydrogen) atoms. The molecule has 418 valence electrons. The van der Waals surface area contributed by atoms with Crippen molar-refractivity contribution in [3.05, 3.63) is 159 Å². The molecule has 0 fully saturated rings. The lowest BCUT2D eigenvalue weighted by atomic mass is 9.43. The molecule has 4 aliphatic carbocycles. The molecular weight excluding hydrogens is 1030 g/mol. The van der Waals surface area contributed by atoms with Crippen LogP contribution in [0, 0.1) is 6.92 Å². The number of fused-ring (bicyclic) bond motifs is 14. The maximum Gasteiger partial charge on any atom is 0.334 e. The van der Waals surface area contributed by atoms with Crippen molar-refractivity contribution in [2.45, 2.75) is 212 Å². The van der Waals surface area contributed by atoms with E-state index >= 15 is 0 Å². The van der Waals surface area contributed by atoms with Gasteiger partial charge in [0.25, 0.3) is 0 Å². The number of anilines is 5. The fourth-order valence-electron chi connectivity index (χ4n) is 16.9. The third-order valence-corrected chi connectivity index (χ3v) is 25.2. The molecule has 0 radical (unpaired) electrons. The van der Waals surface area contributed by atoms with Crippen molar-refractivity contribution < 1.29 is 0 Å². The number of rotatable bonds is 3. The summed E-state index contributed by atoms with van der Waals surface area (Å²) in [5, 5.41) is 5.58. The fraction of sp³-hybridized carbons (Fsp3) is 0.429. The summed E-state index contributed by atoms with van der Waals surface area (Å²) in [7, 11) is 0. The monoisotopic (exact) mass is 1110 g/mol. The van der Waals surface area contributed by atoms with Crippen LogP contribution in [0.3, 0.4) is 0 Å². The maximum atomic E-state index is 2.88. The molecule has 0 amide bonds. The largest absolute Gasteiger partial charge is 0.376 e. The second-order valence-corrected chi connectivity index (χ2v) is 34.0. The van der Waals surface area contributed by atoms with E-state index in [-0.39, 0.29) is 50.2 Å². The number of hydrogen-bond donors (Lipinski definition) is 0. The summed E-state index contributed by atoms with van der Waals surface area (Å²) in [4.78, 5) is 5.69. The molecule has 0 saturated carbocycles. The summed E-state index contributed by atoms with van der Waals surface area (Å²) in [6.07, 6.45) is 9.50. The second kappa shape index (κ2) is 16.8. The van der Waals surface area contributed by atoms with E-state index in [4.69, 9.17) is 0 Å². The second-order valence-electron chi connectivity index (χ2n) is 32.0. The first kappa shape index (κ1) is 53.1. The van der Waals surface area contributed by atoms with Crippen LogP contribution in [0.2, 0.25) is 0 Å². The van der Waals surface area contributed by atoms with E-state index < -0.39 is 0 Å². The Balaban J connectivity index is 1.12. The van der Waals surface area contributed by atoms with Crippen molar-refractivity contribution in [1.29, 1.82) is 0 Å². The summed E-state index contributed by atoms with van der Waals surface area (Å²) in [5.74, 6) is 0. The van der Waals surface area contributed by atoms with Crippen molar-refractivity contribution in [1.82, 2.24) is 0 Å². The van der Waals surface area contributed by atoms with Gasteiger partial charge in [0, 0.05) is 47.5 Å². The average Bonchev–Trinajstić information content (AvgIpc) is 1.47. The number of hydrogen-bond acceptors (Lipinski definition) is 4. The topological polar surface area (TPSA) is 6.48 Å². The van der Waals surface area contributed by atoms with E-state index in [2.05, 4.69) is 248 Å². The van der Waals surface area contributed by atoms with E-state index in [0.717, 1.165) is 0 Å². The summed E-state index contributed by atoms with van der Waals surface area (Å²) in [6, 6.07) is 45.4. The van der Waals surface area contributed by atoms with Crippen LogP contribution in [0.15, 0.2) is 109 Å². The highest BCUT2D eigenvalue weighted by atomic mass is 32.1. The molecule has 2 aliphatic heterocycles. The standard InChI is InChI=1S/C77H85BN2S2/c1-44-35-53-57(75(12,13)32-29-71(53,4)5)41-61(44)79-62-37-46(45-21-19-18-20-22-45)36-51-65-60(26-24-48-49-39-55-58(42-63(49)81-68(48)65)76(14,15)33-30-73(55,8)9)80(47-23-25-52-54(38-47)72(6,7)28-27-70(52,2)3)78(66(51)62)67-50-40-56-59(43-64(50)82-69(67)79)77(16,17)34-31-74(56,10)11/h18-26,35-43H,27-34H2,1-17H3. The summed E-state index contributed by atoms with van der Waals surface area (Å²) < 4.78 is 4.22. The number of thiophene rings is 2. The average molecular weight is 1110 g/mol. The van der Waals surface area contributed by atoms with E-state index in [0.29, 0.717) is 0 Å². The molecule has 7 aromatic carbocycles. The molecule has 15 rings (SSSR count). The van der Waals surface area contributed by atoms with Gasteiger partial charge in [-0.1, -0.05) is 159 Å². The van der Waals surface area contributed by atoms with E-state index in [1.165, 1.54) is 193 Å². The third kappa shape index (κ3) is 7.42. The van der Waals surface area contributed by atoms with Gasteiger partial charge in [-0.25, -0.2) is 0 Å². The highest BCUT2D eigenvalue weighted by Gasteiger charge is 2.51. The minimum absolute atomic E-state index is 0.0383. The maximum absolute atomic E-state index is 2.88. The van der Waals surface area contributed by atoms with Crippen molar-refractivity contribution in [2.75, 3.05) is 9.71 Å². The van der Waals surface area contributed by atoms with Gasteiger partial charge in [-0.05, 0) is 245 Å². The molecule has 6 aliphatic rings. The van der Waals surface area contributed by atoms with Crippen LogP contribution in [-0.2, 0) is 43.3 Å². The van der Waals surface area contributed by atoms with E-state index in [1.807, 2.05) is 11.3 Å². The predicted molar refractivity (Wildman–Crippen MR) is 360 cm³/mol. The van der Waals surface area contributed by atoms with Crippen LogP contribution >= 0.6 is 22.7 Å². The highest BCUT2D eigenvalue weighted by Crippen LogP contribution is 2.59. The molecule has 9 aromatic rings. The van der Waals surface area contributed by atoms with Gasteiger partial charge in [0.05, 0.1) is 10.7 Å². The van der Waals surface area contributed by atoms with E-state index in [1.54, 1.807) is 0 Å². The Hall–Kier alpha value is -5.62. The lowest BCUT2D eigenvalue weighted by molar-refractivity contribution is 0.332. The molecule has 0 N–H and O–H groups in total. The predicted octanol–water partition coefficient (Wildman–Crippen LogP) is 21.3. The van der Waals surface area contributed by atoms with Crippen LogP contribution in [0.25, 0.3) is 52.5 Å². The third-order valence-electron chi connectivity index (χ3n) is 22.8. The first-order valence-electron chi connectivity index (χ1n) is 31.3. The molecular formula is C77H85BN2S2. The van der Waals surface area contributed by atoms with Crippen molar-refractivity contribution in [3.8, 4) is 22.3 Å². The summed E-state index contributed by atoms with van der Waals surface area (Å²) >= 11 is 4.10. The Kier molecular flexibility index (Phi) is 10.9. The Bertz CT molecular complexity index is 4260. The fourth-order valence-corrected chi connectivity index (χ4v) is 19.5. The highest BCUT2D eigenvalue weighted by molar-refractivity contribution is 7.27. The van der Waals surface area contributed by atoms with Gasteiger partial charge in [0.1, 0.15) is 0 Å². The number of benzene rings is 7. The first-order valence-corrected chi connectivity index (χ1v) is 32.9. The molecule has 5 heteroatoms. The zero-order chi connectivity index (χ0) is 57.5. The first-order chi connectivity index (χ1) is 38.5. The molecule has 0 bridgehead atoms. The molecule has 2 nitrogen and oxygen atoms in total. The lowest BCUT2D eigenvalue weighted by Gasteiger charge is -2.47. The molecule has 0 saturated heterocycles. The van der Waals surface area contributed by atoms with Crippen LogP contribution in [0.1, 0.15) is 212 Å². The van der Waals surface area contributed by atoms with Crippen molar-refractivity contribution in [3.63, 3.8) is 0 Å². The quantitative estimate of drug-likeness (QED) is 0.163. The Morgan fingerprint density at radius 2 is 0.866 bits per heavy atom. The normalized spacial score (nSPS) is 21.3. The van der Waals surface area contributed by atoms with Gasteiger partial charge >= 0.3 is 6.85 Å². The van der Waals surface area contributed by atoms with Gasteiger partial charge in [-0.15, -0.1) is 22.7 Å². The lowest BCUT2D eigenvalue weighted by Crippen LogP contribution is -2.61. The van der Waals surface area contributed by atoms with Gasteiger partial charge in [-0.3, -0.25) is 0 Å². The molecule has 2 aromatic heterocycles. The zero-order valence-corrected chi connectivity index (χ0v) is 54.0.